The molecule has 0 aromatic heterocycles. The van der Waals surface area contributed by atoms with Gasteiger partial charge in [0.1, 0.15) is 19.0 Å². The smallest absolute Gasteiger partial charge is 0.293 e. The van der Waals surface area contributed by atoms with E-state index in [0.717, 1.165) is 28.6 Å². The molecule has 1 aliphatic heterocycles. The van der Waals surface area contributed by atoms with Gasteiger partial charge in [0, 0.05) is 0 Å². The fourth-order valence-electron chi connectivity index (χ4n) is 3.06. The molecule has 0 atom stereocenters. The van der Waals surface area contributed by atoms with Crippen LogP contribution in [-0.4, -0.2) is 42.9 Å². The van der Waals surface area contributed by atoms with Crippen molar-refractivity contribution in [2.75, 3.05) is 26.9 Å². The monoisotopic (exact) mass is 517 g/mol. The Morgan fingerprint density at radius 3 is 2.62 bits per heavy atom. The number of amides is 2. The zero-order chi connectivity index (χ0) is 23.3. The van der Waals surface area contributed by atoms with Crippen LogP contribution in [0.25, 0.3) is 6.08 Å². The van der Waals surface area contributed by atoms with E-state index >= 15 is 0 Å². The summed E-state index contributed by atoms with van der Waals surface area (Å²) in [4.78, 5) is 26.8. The highest BCUT2D eigenvalue weighted by Crippen LogP contribution is 2.39. The number of nitrogens with zero attached hydrogens (tertiary/aromatic N) is 1. The van der Waals surface area contributed by atoms with Crippen molar-refractivity contribution < 1.29 is 23.8 Å². The Labute approximate surface area is 200 Å². The van der Waals surface area contributed by atoms with Gasteiger partial charge < -0.3 is 14.2 Å². The minimum Gasteiger partial charge on any atom is -0.493 e. The molecule has 2 aromatic rings. The summed E-state index contributed by atoms with van der Waals surface area (Å²) in [6, 6.07) is 9.48. The predicted molar refractivity (Wildman–Crippen MR) is 130 cm³/mol. The molecule has 0 radical (unpaired) electrons. The molecule has 1 saturated heterocycles. The minimum atomic E-state index is -0.341. The predicted octanol–water partition coefficient (Wildman–Crippen LogP) is 5.75. The number of aryl methyl sites for hydroxylation is 2. The first kappa shape index (κ1) is 23.9. The van der Waals surface area contributed by atoms with Crippen molar-refractivity contribution in [3.8, 4) is 17.2 Å². The third-order valence-electron chi connectivity index (χ3n) is 4.68. The average molecular weight is 518 g/mol. The molecule has 0 N–H and O–H groups in total. The van der Waals surface area contributed by atoms with Crippen LogP contribution in [0.5, 0.6) is 17.2 Å². The standard InChI is InChI=1S/C24H24BrNO5S/c1-5-9-31-22-18(25)12-17(13-20(22)29-4)14-21-23(27)26(24(28)32-21)8-10-30-19-11-15(2)6-7-16(19)3/h5-7,11-14H,1,8-10H2,2-4H3/b21-14-. The summed E-state index contributed by atoms with van der Waals surface area (Å²) in [5.41, 5.74) is 2.80. The summed E-state index contributed by atoms with van der Waals surface area (Å²) >= 11 is 4.38. The fraction of sp³-hybridized carbons (Fsp3) is 0.250. The highest BCUT2D eigenvalue weighted by molar-refractivity contribution is 9.10. The molecule has 1 heterocycles. The SMILES string of the molecule is C=CCOc1c(Br)cc(/C=C2\SC(=O)N(CCOc3cc(C)ccc3C)C2=O)cc1OC. The molecule has 0 aliphatic carbocycles. The van der Waals surface area contributed by atoms with Crippen molar-refractivity contribution in [1.29, 1.82) is 0 Å². The van der Waals surface area contributed by atoms with Gasteiger partial charge in [0.15, 0.2) is 11.5 Å². The first-order chi connectivity index (χ1) is 15.3. The average Bonchev–Trinajstić information content (AvgIpc) is 3.02. The number of carbonyl (C=O) groups is 2. The number of imide groups is 1. The number of benzene rings is 2. The molecule has 6 nitrogen and oxygen atoms in total. The second kappa shape index (κ2) is 10.7. The lowest BCUT2D eigenvalue weighted by molar-refractivity contribution is -0.123. The number of thioether (sulfide) groups is 1. The maximum absolute atomic E-state index is 12.8. The molecule has 32 heavy (non-hydrogen) atoms. The van der Waals surface area contributed by atoms with E-state index in [1.807, 2.05) is 32.0 Å². The number of carbonyl (C=O) groups excluding carboxylic acids is 2. The zero-order valence-corrected chi connectivity index (χ0v) is 20.5. The Hall–Kier alpha value is -2.71. The number of methoxy groups -OCH3 is 1. The van der Waals surface area contributed by atoms with E-state index in [9.17, 15) is 9.59 Å². The van der Waals surface area contributed by atoms with E-state index in [2.05, 4.69) is 22.5 Å². The Morgan fingerprint density at radius 1 is 1.12 bits per heavy atom. The van der Waals surface area contributed by atoms with Crippen molar-refractivity contribution in [2.24, 2.45) is 0 Å². The number of hydrogen-bond donors (Lipinski definition) is 0. The number of ether oxygens (including phenoxy) is 3. The van der Waals surface area contributed by atoms with Crippen molar-refractivity contribution in [1.82, 2.24) is 4.90 Å². The van der Waals surface area contributed by atoms with Gasteiger partial charge in [-0.05, 0) is 82.5 Å². The number of hydrogen-bond acceptors (Lipinski definition) is 6. The highest BCUT2D eigenvalue weighted by Gasteiger charge is 2.35. The lowest BCUT2D eigenvalue weighted by atomic mass is 10.1. The van der Waals surface area contributed by atoms with Gasteiger partial charge in [0.25, 0.3) is 11.1 Å². The largest absolute Gasteiger partial charge is 0.493 e. The van der Waals surface area contributed by atoms with Crippen LogP contribution in [0, 0.1) is 13.8 Å². The van der Waals surface area contributed by atoms with Gasteiger partial charge in [-0.3, -0.25) is 14.5 Å². The molecule has 2 amide bonds. The third kappa shape index (κ3) is 5.55. The van der Waals surface area contributed by atoms with E-state index in [-0.39, 0.29) is 24.3 Å². The Kier molecular flexibility index (Phi) is 8.04. The summed E-state index contributed by atoms with van der Waals surface area (Å²) in [6.45, 7) is 8.32. The van der Waals surface area contributed by atoms with Crippen LogP contribution in [0.2, 0.25) is 0 Å². The van der Waals surface area contributed by atoms with Crippen LogP contribution >= 0.6 is 27.7 Å². The normalized spacial score (nSPS) is 14.8. The molecule has 168 valence electrons. The lowest BCUT2D eigenvalue weighted by Gasteiger charge is -2.15. The molecule has 0 bridgehead atoms. The summed E-state index contributed by atoms with van der Waals surface area (Å²) < 4.78 is 17.5. The first-order valence-electron chi connectivity index (χ1n) is 9.90. The van der Waals surface area contributed by atoms with Gasteiger partial charge in [0.05, 0.1) is 23.0 Å². The van der Waals surface area contributed by atoms with Crippen molar-refractivity contribution in [3.05, 3.63) is 69.1 Å². The topological polar surface area (TPSA) is 65.1 Å². The minimum absolute atomic E-state index is 0.177. The zero-order valence-electron chi connectivity index (χ0n) is 18.1. The third-order valence-corrected chi connectivity index (χ3v) is 6.18. The molecule has 1 aliphatic rings. The first-order valence-corrected chi connectivity index (χ1v) is 11.5. The van der Waals surface area contributed by atoms with Gasteiger partial charge >= 0.3 is 0 Å². The van der Waals surface area contributed by atoms with Crippen LogP contribution in [0.3, 0.4) is 0 Å². The van der Waals surface area contributed by atoms with E-state index in [1.165, 1.54) is 12.0 Å². The highest BCUT2D eigenvalue weighted by atomic mass is 79.9. The molecule has 8 heteroatoms. The summed E-state index contributed by atoms with van der Waals surface area (Å²) in [5, 5.41) is -0.317. The Balaban J connectivity index is 1.71. The van der Waals surface area contributed by atoms with Crippen LogP contribution in [0.1, 0.15) is 16.7 Å². The van der Waals surface area contributed by atoms with Crippen molar-refractivity contribution >= 4 is 44.9 Å². The van der Waals surface area contributed by atoms with E-state index in [4.69, 9.17) is 14.2 Å². The molecule has 0 unspecified atom stereocenters. The molecular weight excluding hydrogens is 494 g/mol. The van der Waals surface area contributed by atoms with Crippen molar-refractivity contribution in [3.63, 3.8) is 0 Å². The fourth-order valence-corrected chi connectivity index (χ4v) is 4.50. The van der Waals surface area contributed by atoms with Crippen molar-refractivity contribution in [2.45, 2.75) is 13.8 Å². The maximum atomic E-state index is 12.8. The van der Waals surface area contributed by atoms with E-state index < -0.39 is 0 Å². The van der Waals surface area contributed by atoms with Gasteiger partial charge in [-0.15, -0.1) is 0 Å². The summed E-state index contributed by atoms with van der Waals surface area (Å²) in [5.74, 6) is 1.46. The van der Waals surface area contributed by atoms with E-state index in [0.29, 0.717) is 33.0 Å². The summed E-state index contributed by atoms with van der Waals surface area (Å²) in [7, 11) is 1.54. The van der Waals surface area contributed by atoms with Crippen LogP contribution in [0.15, 0.2) is 52.4 Å². The van der Waals surface area contributed by atoms with Crippen LogP contribution in [-0.2, 0) is 4.79 Å². The Bertz CT molecular complexity index is 1080. The molecule has 2 aromatic carbocycles. The number of rotatable bonds is 9. The van der Waals surface area contributed by atoms with Gasteiger partial charge in [-0.2, -0.15) is 0 Å². The second-order valence-corrected chi connectivity index (χ2v) is 8.93. The quantitative estimate of drug-likeness (QED) is 0.311. The molecule has 0 saturated carbocycles. The lowest BCUT2D eigenvalue weighted by Crippen LogP contribution is -2.32. The van der Waals surface area contributed by atoms with E-state index in [1.54, 1.807) is 24.3 Å². The van der Waals surface area contributed by atoms with Gasteiger partial charge in [-0.25, -0.2) is 0 Å². The molecule has 3 rings (SSSR count). The molecule has 1 fully saturated rings. The van der Waals surface area contributed by atoms with Gasteiger partial charge in [-0.1, -0.05) is 24.8 Å². The number of halogens is 1. The second-order valence-electron chi connectivity index (χ2n) is 7.08. The molecular formula is C24H24BrNO5S. The maximum Gasteiger partial charge on any atom is 0.293 e. The molecule has 0 spiro atoms. The Morgan fingerprint density at radius 2 is 1.91 bits per heavy atom. The van der Waals surface area contributed by atoms with Crippen LogP contribution in [0.4, 0.5) is 4.79 Å². The summed E-state index contributed by atoms with van der Waals surface area (Å²) in [6.07, 6.45) is 3.31. The van der Waals surface area contributed by atoms with Gasteiger partial charge in [0.2, 0.25) is 0 Å². The van der Waals surface area contributed by atoms with Crippen LogP contribution < -0.4 is 14.2 Å².